The maximum absolute atomic E-state index is 6.49. The van der Waals surface area contributed by atoms with Crippen molar-refractivity contribution in [2.45, 2.75) is 0 Å². The lowest BCUT2D eigenvalue weighted by Gasteiger charge is -2.11. The molecule has 0 saturated heterocycles. The van der Waals surface area contributed by atoms with Gasteiger partial charge in [-0.05, 0) is 62.6 Å². The maximum atomic E-state index is 6.49. The van der Waals surface area contributed by atoms with E-state index in [4.69, 9.17) is 8.83 Å². The Labute approximate surface area is 207 Å². The van der Waals surface area contributed by atoms with Gasteiger partial charge in [-0.3, -0.25) is 0 Å². The van der Waals surface area contributed by atoms with Crippen LogP contribution in [0.25, 0.3) is 76.9 Å². The van der Waals surface area contributed by atoms with Crippen LogP contribution >= 0.6 is 0 Å². The molecular weight excluding hydrogens is 440 g/mol. The summed E-state index contributed by atoms with van der Waals surface area (Å²) in [5.41, 5.74) is 3.87. The van der Waals surface area contributed by atoms with Crippen LogP contribution in [0.15, 0.2) is 130 Å². The monoisotopic (exact) mass is 460 g/mol. The van der Waals surface area contributed by atoms with Crippen LogP contribution < -0.4 is 0 Å². The fraction of sp³-hybridized carbons (Fsp3) is 0. The highest BCUT2D eigenvalue weighted by molar-refractivity contribution is 6.25. The van der Waals surface area contributed by atoms with E-state index in [-0.39, 0.29) is 0 Å². The molecule has 2 nitrogen and oxygen atoms in total. The fourth-order valence-electron chi connectivity index (χ4n) is 5.68. The minimum Gasteiger partial charge on any atom is -0.456 e. The fourth-order valence-corrected chi connectivity index (χ4v) is 5.68. The lowest BCUT2D eigenvalue weighted by molar-refractivity contribution is 0.598. The van der Waals surface area contributed by atoms with Gasteiger partial charge in [0.1, 0.15) is 22.7 Å². The first-order chi connectivity index (χ1) is 17.8. The van der Waals surface area contributed by atoms with Crippen LogP contribution in [0.2, 0.25) is 0 Å². The van der Waals surface area contributed by atoms with Crippen LogP contribution in [0.5, 0.6) is 0 Å². The van der Waals surface area contributed by atoms with Gasteiger partial charge in [0, 0.05) is 21.9 Å². The molecule has 36 heavy (non-hydrogen) atoms. The topological polar surface area (TPSA) is 26.3 Å². The van der Waals surface area contributed by atoms with E-state index in [9.17, 15) is 0 Å². The van der Waals surface area contributed by atoms with Crippen LogP contribution in [0.1, 0.15) is 0 Å². The molecule has 0 amide bonds. The number of furan rings is 2. The average Bonchev–Trinajstić information content (AvgIpc) is 3.58. The zero-order valence-electron chi connectivity index (χ0n) is 19.4. The van der Waals surface area contributed by atoms with Crippen molar-refractivity contribution in [2.24, 2.45) is 0 Å². The van der Waals surface area contributed by atoms with Gasteiger partial charge in [-0.25, -0.2) is 0 Å². The van der Waals surface area contributed by atoms with E-state index in [0.29, 0.717) is 0 Å². The van der Waals surface area contributed by atoms with E-state index in [2.05, 4.69) is 91.0 Å². The summed E-state index contributed by atoms with van der Waals surface area (Å²) in [6.07, 6.45) is 0. The van der Waals surface area contributed by atoms with E-state index in [0.717, 1.165) is 44.6 Å². The molecule has 0 atom stereocenters. The van der Waals surface area contributed by atoms with Crippen molar-refractivity contribution in [3.8, 4) is 22.6 Å². The summed E-state index contributed by atoms with van der Waals surface area (Å²) in [6, 6.07) is 42.4. The summed E-state index contributed by atoms with van der Waals surface area (Å²) in [4.78, 5) is 0. The quantitative estimate of drug-likeness (QED) is 0.240. The maximum Gasteiger partial charge on any atom is 0.136 e. The second-order valence-corrected chi connectivity index (χ2v) is 9.29. The second-order valence-electron chi connectivity index (χ2n) is 9.29. The third kappa shape index (κ3) is 2.73. The molecule has 0 radical (unpaired) electrons. The molecule has 168 valence electrons. The molecule has 6 aromatic carbocycles. The van der Waals surface area contributed by atoms with Gasteiger partial charge in [0.2, 0.25) is 0 Å². The average molecular weight is 461 g/mol. The van der Waals surface area contributed by atoms with E-state index in [1.165, 1.54) is 32.3 Å². The lowest BCUT2D eigenvalue weighted by atomic mass is 9.93. The Hall–Kier alpha value is -4.82. The summed E-state index contributed by atoms with van der Waals surface area (Å²) in [5, 5.41) is 9.78. The van der Waals surface area contributed by atoms with Crippen molar-refractivity contribution >= 4 is 54.3 Å². The van der Waals surface area contributed by atoms with Crippen molar-refractivity contribution in [2.75, 3.05) is 0 Å². The van der Waals surface area contributed by atoms with Gasteiger partial charge in [-0.1, -0.05) is 91.0 Å². The second kappa shape index (κ2) is 7.34. The van der Waals surface area contributed by atoms with E-state index < -0.39 is 0 Å². The molecule has 8 aromatic rings. The molecule has 0 bridgehead atoms. The molecule has 0 N–H and O–H groups in total. The van der Waals surface area contributed by atoms with Crippen molar-refractivity contribution in [3.63, 3.8) is 0 Å². The zero-order chi connectivity index (χ0) is 23.6. The third-order valence-electron chi connectivity index (χ3n) is 7.30. The standard InChI is InChI=1S/C34H20O2/c1-2-10-24-22(8-1)23-9-3-4-11-25(23)29-20-21(16-17-26(24)29)30-18-19-32(35-30)28-13-7-15-33-34(28)27-12-5-6-14-31(27)36-33/h1-20H. The minimum absolute atomic E-state index is 0.839. The zero-order valence-corrected chi connectivity index (χ0v) is 19.4. The first-order valence-electron chi connectivity index (χ1n) is 12.2. The van der Waals surface area contributed by atoms with E-state index >= 15 is 0 Å². The summed E-state index contributed by atoms with van der Waals surface area (Å²) >= 11 is 0. The summed E-state index contributed by atoms with van der Waals surface area (Å²) in [7, 11) is 0. The Morgan fingerprint density at radius 1 is 0.361 bits per heavy atom. The smallest absolute Gasteiger partial charge is 0.136 e. The summed E-state index contributed by atoms with van der Waals surface area (Å²) in [6.45, 7) is 0. The largest absolute Gasteiger partial charge is 0.456 e. The molecule has 8 rings (SSSR count). The number of hydrogen-bond acceptors (Lipinski definition) is 2. The molecule has 0 aliphatic carbocycles. The summed E-state index contributed by atoms with van der Waals surface area (Å²) < 4.78 is 12.6. The predicted molar refractivity (Wildman–Crippen MR) is 149 cm³/mol. The van der Waals surface area contributed by atoms with Crippen molar-refractivity contribution < 1.29 is 8.83 Å². The Morgan fingerprint density at radius 3 is 1.69 bits per heavy atom. The number of hydrogen-bond donors (Lipinski definition) is 0. The molecule has 0 aliphatic heterocycles. The van der Waals surface area contributed by atoms with Gasteiger partial charge in [0.25, 0.3) is 0 Å². The molecule has 0 spiro atoms. The molecule has 0 fully saturated rings. The third-order valence-corrected chi connectivity index (χ3v) is 7.30. The number of benzene rings is 6. The van der Waals surface area contributed by atoms with Crippen molar-refractivity contribution in [3.05, 3.63) is 121 Å². The van der Waals surface area contributed by atoms with Gasteiger partial charge in [-0.15, -0.1) is 0 Å². The van der Waals surface area contributed by atoms with Crippen LogP contribution in [0, 0.1) is 0 Å². The van der Waals surface area contributed by atoms with Gasteiger partial charge in [0.05, 0.1) is 0 Å². The van der Waals surface area contributed by atoms with Crippen LogP contribution in [-0.4, -0.2) is 0 Å². The predicted octanol–water partition coefficient (Wildman–Crippen LogP) is 9.97. The Morgan fingerprint density at radius 2 is 0.944 bits per heavy atom. The number of para-hydroxylation sites is 1. The Bertz CT molecular complexity index is 2070. The molecule has 0 unspecified atom stereocenters. The van der Waals surface area contributed by atoms with Crippen molar-refractivity contribution in [1.82, 2.24) is 0 Å². The molecule has 2 aromatic heterocycles. The Balaban J connectivity index is 1.33. The normalized spacial score (nSPS) is 11.9. The highest BCUT2D eigenvalue weighted by atomic mass is 16.3. The molecular formula is C34H20O2. The van der Waals surface area contributed by atoms with Gasteiger partial charge >= 0.3 is 0 Å². The highest BCUT2D eigenvalue weighted by Crippen LogP contribution is 2.40. The highest BCUT2D eigenvalue weighted by Gasteiger charge is 2.16. The van der Waals surface area contributed by atoms with Crippen LogP contribution in [-0.2, 0) is 0 Å². The first-order valence-corrected chi connectivity index (χ1v) is 12.2. The van der Waals surface area contributed by atoms with E-state index in [1.807, 2.05) is 30.3 Å². The van der Waals surface area contributed by atoms with Gasteiger partial charge in [-0.2, -0.15) is 0 Å². The molecule has 0 aliphatic rings. The van der Waals surface area contributed by atoms with Gasteiger partial charge < -0.3 is 8.83 Å². The first kappa shape index (κ1) is 19.5. The van der Waals surface area contributed by atoms with Crippen LogP contribution in [0.4, 0.5) is 0 Å². The van der Waals surface area contributed by atoms with Crippen molar-refractivity contribution in [1.29, 1.82) is 0 Å². The van der Waals surface area contributed by atoms with Crippen LogP contribution in [0.3, 0.4) is 0 Å². The SMILES string of the molecule is c1ccc2c(c1)oc1cccc(-c3ccc(-c4ccc5c6ccccc6c6ccccc6c5c4)o3)c12. The molecule has 2 heteroatoms. The molecule has 0 saturated carbocycles. The number of rotatable bonds is 2. The molecule has 2 heterocycles. The number of fused-ring (bicyclic) bond motifs is 9. The van der Waals surface area contributed by atoms with E-state index in [1.54, 1.807) is 0 Å². The lowest BCUT2D eigenvalue weighted by Crippen LogP contribution is -1.84. The Kier molecular flexibility index (Phi) is 3.97. The minimum atomic E-state index is 0.839. The summed E-state index contributed by atoms with van der Waals surface area (Å²) in [5.74, 6) is 1.69. The van der Waals surface area contributed by atoms with Gasteiger partial charge in [0.15, 0.2) is 0 Å².